The van der Waals surface area contributed by atoms with E-state index >= 15 is 0 Å². The Bertz CT molecular complexity index is 167. The van der Waals surface area contributed by atoms with Gasteiger partial charge in [0.1, 0.15) is 0 Å². The first-order valence-corrected chi connectivity index (χ1v) is 2.26. The maximum atomic E-state index is 8.76. The third-order valence-corrected chi connectivity index (χ3v) is 0.865. The van der Waals surface area contributed by atoms with E-state index in [-0.39, 0.29) is 5.75 Å². The predicted molar refractivity (Wildman–Crippen MR) is 29.1 cm³/mol. The largest absolute Gasteiger partial charge is 0.501 e. The van der Waals surface area contributed by atoms with Gasteiger partial charge in [-0.15, -0.1) is 0 Å². The highest BCUT2D eigenvalue weighted by atomic mass is 16.3. The monoisotopic (exact) mass is 111 g/mol. The van der Waals surface area contributed by atoms with Crippen molar-refractivity contribution in [3.8, 4) is 5.75 Å². The molecule has 3 nitrogen and oxygen atoms in total. The molecule has 0 bridgehead atoms. The van der Waals surface area contributed by atoms with E-state index in [4.69, 9.17) is 10.8 Å². The number of nitrogen functional groups attached to an aromatic ring is 1. The van der Waals surface area contributed by atoms with Crippen LogP contribution in [0.1, 0.15) is 0 Å². The second-order valence-corrected chi connectivity index (χ2v) is 1.47. The summed E-state index contributed by atoms with van der Waals surface area (Å²) >= 11 is 0. The van der Waals surface area contributed by atoms with Crippen LogP contribution in [-0.2, 0) is 0 Å². The number of H-pyrrole nitrogens is 1. The van der Waals surface area contributed by atoms with E-state index in [1.54, 1.807) is 12.3 Å². The highest BCUT2D eigenvalue weighted by Crippen LogP contribution is 2.09. The van der Waals surface area contributed by atoms with Crippen molar-refractivity contribution in [1.29, 1.82) is 0 Å². The van der Waals surface area contributed by atoms with Gasteiger partial charge in [-0.2, -0.15) is 0 Å². The van der Waals surface area contributed by atoms with E-state index in [0.717, 1.165) is 0 Å². The average molecular weight is 111 g/mol. The van der Waals surface area contributed by atoms with Gasteiger partial charge in [0.25, 0.3) is 0 Å². The lowest BCUT2D eigenvalue weighted by Crippen LogP contribution is -2.07. The summed E-state index contributed by atoms with van der Waals surface area (Å²) in [6.07, 6.45) is 1.65. The average Bonchev–Trinajstić information content (AvgIpc) is 1.77. The fourth-order valence-corrected chi connectivity index (χ4v) is 0.441. The van der Waals surface area contributed by atoms with Crippen LogP contribution in [0.3, 0.4) is 0 Å². The molecule has 0 fully saturated rings. The maximum Gasteiger partial charge on any atom is 0.312 e. The highest BCUT2D eigenvalue weighted by Gasteiger charge is 1.96. The first-order valence-electron chi connectivity index (χ1n) is 2.26. The molecule has 4 N–H and O–H groups in total. The lowest BCUT2D eigenvalue weighted by atomic mass is 10.4. The predicted octanol–water partition coefficient (Wildman–Crippen LogP) is -0.212. The summed E-state index contributed by atoms with van der Waals surface area (Å²) in [5, 5.41) is 8.76. The van der Waals surface area contributed by atoms with E-state index in [2.05, 4.69) is 4.98 Å². The fourth-order valence-electron chi connectivity index (χ4n) is 0.441. The molecule has 1 heterocycles. The zero-order valence-electron chi connectivity index (χ0n) is 4.26. The van der Waals surface area contributed by atoms with Crippen molar-refractivity contribution >= 4 is 5.82 Å². The number of pyridine rings is 1. The Hall–Kier alpha value is -1.25. The summed E-state index contributed by atoms with van der Waals surface area (Å²) in [6.45, 7) is 0. The molecule has 0 radical (unpaired) electrons. The quantitative estimate of drug-likeness (QED) is 0.486. The zero-order chi connectivity index (χ0) is 5.98. The van der Waals surface area contributed by atoms with E-state index in [9.17, 15) is 0 Å². The Balaban J connectivity index is 3.13. The zero-order valence-corrected chi connectivity index (χ0v) is 4.26. The molecule has 0 aliphatic heterocycles. The molecule has 1 rings (SSSR count). The molecular weight excluding hydrogens is 104 g/mol. The molecular formula is C5H7N2O+. The van der Waals surface area contributed by atoms with Gasteiger partial charge in [-0.05, 0) is 12.1 Å². The molecule has 0 amide bonds. The van der Waals surface area contributed by atoms with Gasteiger partial charge < -0.3 is 5.11 Å². The first kappa shape index (κ1) is 4.90. The van der Waals surface area contributed by atoms with E-state index < -0.39 is 0 Å². The number of aromatic nitrogens is 1. The molecule has 0 saturated carbocycles. The molecule has 42 valence electrons. The van der Waals surface area contributed by atoms with Crippen LogP contribution in [0.25, 0.3) is 0 Å². The van der Waals surface area contributed by atoms with Crippen LogP contribution in [0.5, 0.6) is 5.75 Å². The molecule has 0 aliphatic carbocycles. The lowest BCUT2D eigenvalue weighted by Gasteiger charge is -1.85. The first-order chi connectivity index (χ1) is 3.80. The summed E-state index contributed by atoms with van der Waals surface area (Å²) < 4.78 is 0. The Morgan fingerprint density at radius 1 is 1.62 bits per heavy atom. The summed E-state index contributed by atoms with van der Waals surface area (Å²) in [4.78, 5) is 2.63. The van der Waals surface area contributed by atoms with Gasteiger partial charge in [-0.1, -0.05) is 0 Å². The van der Waals surface area contributed by atoms with Gasteiger partial charge in [0.05, 0.1) is 6.20 Å². The molecule has 8 heavy (non-hydrogen) atoms. The SMILES string of the molecule is Nc1[nH+]cccc1O. The number of nitrogens with one attached hydrogen (secondary N) is 1. The van der Waals surface area contributed by atoms with Crippen LogP contribution in [0.2, 0.25) is 0 Å². The molecule has 0 spiro atoms. The molecule has 3 heteroatoms. The van der Waals surface area contributed by atoms with Crippen molar-refractivity contribution in [2.75, 3.05) is 5.73 Å². The molecule has 0 aromatic carbocycles. The van der Waals surface area contributed by atoms with Crippen LogP contribution < -0.4 is 10.7 Å². The van der Waals surface area contributed by atoms with Crippen LogP contribution in [0.15, 0.2) is 18.3 Å². The van der Waals surface area contributed by atoms with Crippen molar-refractivity contribution in [2.45, 2.75) is 0 Å². The van der Waals surface area contributed by atoms with Gasteiger partial charge >= 0.3 is 5.82 Å². The van der Waals surface area contributed by atoms with Crippen molar-refractivity contribution in [1.82, 2.24) is 0 Å². The number of aromatic hydroxyl groups is 1. The third kappa shape index (κ3) is 0.703. The number of hydrogen-bond donors (Lipinski definition) is 2. The van der Waals surface area contributed by atoms with Crippen LogP contribution in [-0.4, -0.2) is 5.11 Å². The molecule has 0 aliphatic rings. The van der Waals surface area contributed by atoms with Gasteiger partial charge in [0.2, 0.25) is 5.75 Å². The van der Waals surface area contributed by atoms with Crippen molar-refractivity contribution < 1.29 is 10.1 Å². The van der Waals surface area contributed by atoms with Crippen LogP contribution in [0.4, 0.5) is 5.82 Å². The molecule has 0 unspecified atom stereocenters. The number of hydrogen-bond acceptors (Lipinski definition) is 2. The normalized spacial score (nSPS) is 9.00. The van der Waals surface area contributed by atoms with Crippen molar-refractivity contribution in [2.24, 2.45) is 0 Å². The molecule has 0 saturated heterocycles. The van der Waals surface area contributed by atoms with Crippen molar-refractivity contribution in [3.63, 3.8) is 0 Å². The Morgan fingerprint density at radius 3 is 2.75 bits per heavy atom. The summed E-state index contributed by atoms with van der Waals surface area (Å²) in [6, 6.07) is 3.19. The Morgan fingerprint density at radius 2 is 2.38 bits per heavy atom. The topological polar surface area (TPSA) is 60.4 Å². The number of anilines is 1. The summed E-state index contributed by atoms with van der Waals surface area (Å²) in [5.41, 5.74) is 5.21. The standard InChI is InChI=1S/C5H6N2O/c6-5-4(8)2-1-3-7-5/h1-3,8H,(H2,6,7)/p+1. The van der Waals surface area contributed by atoms with E-state index in [1.807, 2.05) is 0 Å². The second-order valence-electron chi connectivity index (χ2n) is 1.47. The van der Waals surface area contributed by atoms with Gasteiger partial charge in [-0.25, -0.2) is 4.98 Å². The van der Waals surface area contributed by atoms with Gasteiger partial charge in [-0.3, -0.25) is 5.73 Å². The maximum absolute atomic E-state index is 8.76. The highest BCUT2D eigenvalue weighted by molar-refractivity contribution is 5.37. The molecule has 1 aromatic rings. The fraction of sp³-hybridized carbons (Fsp3) is 0. The summed E-state index contributed by atoms with van der Waals surface area (Å²) in [5.74, 6) is 0.389. The second kappa shape index (κ2) is 1.69. The minimum absolute atomic E-state index is 0.0903. The number of aromatic amines is 1. The minimum Gasteiger partial charge on any atom is -0.501 e. The smallest absolute Gasteiger partial charge is 0.312 e. The van der Waals surface area contributed by atoms with Crippen molar-refractivity contribution in [3.05, 3.63) is 18.3 Å². The molecule has 0 atom stereocenters. The van der Waals surface area contributed by atoms with Gasteiger partial charge in [0, 0.05) is 0 Å². The van der Waals surface area contributed by atoms with E-state index in [0.29, 0.717) is 5.82 Å². The number of nitrogens with two attached hydrogens (primary N) is 1. The Labute approximate surface area is 46.8 Å². The number of rotatable bonds is 0. The van der Waals surface area contributed by atoms with Crippen LogP contribution >= 0.6 is 0 Å². The van der Waals surface area contributed by atoms with E-state index in [1.165, 1.54) is 6.07 Å². The summed E-state index contributed by atoms with van der Waals surface area (Å²) in [7, 11) is 0. The lowest BCUT2D eigenvalue weighted by molar-refractivity contribution is -0.361. The third-order valence-electron chi connectivity index (χ3n) is 0.865. The minimum atomic E-state index is 0.0903. The Kier molecular flexibility index (Phi) is 1.04. The molecule has 1 aromatic heterocycles. The van der Waals surface area contributed by atoms with Gasteiger partial charge in [0.15, 0.2) is 0 Å². The van der Waals surface area contributed by atoms with Crippen LogP contribution in [0, 0.1) is 0 Å².